The molecule has 0 aromatic rings. The minimum atomic E-state index is -1.32. The molecule has 1 aliphatic rings. The fourth-order valence-corrected chi connectivity index (χ4v) is 1.42. The number of rotatable bonds is 4. The average Bonchev–Trinajstić information content (AvgIpc) is 2.27. The molecular formula is C10H16O3. The van der Waals surface area contributed by atoms with Crippen molar-refractivity contribution >= 4 is 5.97 Å². The summed E-state index contributed by atoms with van der Waals surface area (Å²) in [5, 5.41) is 9.74. The van der Waals surface area contributed by atoms with Crippen molar-refractivity contribution in [3.63, 3.8) is 0 Å². The lowest BCUT2D eigenvalue weighted by Crippen LogP contribution is -2.27. The van der Waals surface area contributed by atoms with Crippen molar-refractivity contribution in [1.82, 2.24) is 0 Å². The number of carbonyl (C=O) groups is 1. The molecule has 0 aliphatic carbocycles. The zero-order valence-electron chi connectivity index (χ0n) is 8.17. The lowest BCUT2D eigenvalue weighted by Gasteiger charge is -2.18. The van der Waals surface area contributed by atoms with E-state index in [9.17, 15) is 9.90 Å². The van der Waals surface area contributed by atoms with E-state index in [4.69, 9.17) is 4.74 Å². The fraction of sp³-hybridized carbons (Fsp3) is 0.700. The molecule has 0 aromatic heterocycles. The van der Waals surface area contributed by atoms with Crippen LogP contribution in [0.5, 0.6) is 0 Å². The second kappa shape index (κ2) is 3.92. The molecule has 3 nitrogen and oxygen atoms in total. The van der Waals surface area contributed by atoms with Crippen LogP contribution in [0.4, 0.5) is 0 Å². The number of hydrogen-bond donors (Lipinski definition) is 1. The van der Waals surface area contributed by atoms with Crippen molar-refractivity contribution in [2.45, 2.75) is 45.3 Å². The number of esters is 1. The van der Waals surface area contributed by atoms with E-state index in [0.29, 0.717) is 12.0 Å². The second-order valence-corrected chi connectivity index (χ2v) is 3.52. The molecule has 0 aromatic carbocycles. The first kappa shape index (κ1) is 10.3. The Morgan fingerprint density at radius 3 is 2.69 bits per heavy atom. The Bertz CT molecular complexity index is 232. The molecule has 0 saturated carbocycles. The second-order valence-electron chi connectivity index (χ2n) is 3.52. The van der Waals surface area contributed by atoms with Gasteiger partial charge in [-0.2, -0.15) is 0 Å². The fourth-order valence-electron chi connectivity index (χ4n) is 1.42. The van der Waals surface area contributed by atoms with Crippen LogP contribution < -0.4 is 0 Å². The van der Waals surface area contributed by atoms with Crippen molar-refractivity contribution in [1.29, 1.82) is 0 Å². The maximum Gasteiger partial charge on any atom is 0.336 e. The summed E-state index contributed by atoms with van der Waals surface area (Å²) >= 11 is 0. The van der Waals surface area contributed by atoms with Gasteiger partial charge in [0.1, 0.15) is 0 Å². The van der Waals surface area contributed by atoms with Gasteiger partial charge in [-0.1, -0.05) is 19.8 Å². The average molecular weight is 184 g/mol. The van der Waals surface area contributed by atoms with Gasteiger partial charge in [-0.05, 0) is 19.4 Å². The summed E-state index contributed by atoms with van der Waals surface area (Å²) in [6.07, 6.45) is 5.03. The van der Waals surface area contributed by atoms with Gasteiger partial charge in [0.25, 0.3) is 0 Å². The molecule has 0 fully saturated rings. The summed E-state index contributed by atoms with van der Waals surface area (Å²) in [7, 11) is 0. The highest BCUT2D eigenvalue weighted by Gasteiger charge is 2.35. The van der Waals surface area contributed by atoms with Crippen LogP contribution >= 0.6 is 0 Å². The van der Waals surface area contributed by atoms with E-state index < -0.39 is 11.8 Å². The Labute approximate surface area is 78.4 Å². The predicted octanol–water partition coefficient (Wildman–Crippen LogP) is 1.76. The van der Waals surface area contributed by atoms with Crippen molar-refractivity contribution in [2.75, 3.05) is 0 Å². The quantitative estimate of drug-likeness (QED) is 0.535. The Hall–Kier alpha value is -0.830. The Kier molecular flexibility index (Phi) is 3.09. The van der Waals surface area contributed by atoms with Crippen LogP contribution in [0.25, 0.3) is 0 Å². The van der Waals surface area contributed by atoms with E-state index in [-0.39, 0.29) is 0 Å². The van der Waals surface area contributed by atoms with E-state index in [1.54, 1.807) is 6.92 Å². The maximum absolute atomic E-state index is 11.0. The third kappa shape index (κ3) is 2.56. The van der Waals surface area contributed by atoms with Crippen LogP contribution in [0.2, 0.25) is 0 Å². The van der Waals surface area contributed by atoms with E-state index in [1.165, 1.54) is 6.08 Å². The van der Waals surface area contributed by atoms with Crippen molar-refractivity contribution in [2.24, 2.45) is 0 Å². The van der Waals surface area contributed by atoms with Crippen LogP contribution in [0.3, 0.4) is 0 Å². The van der Waals surface area contributed by atoms with Gasteiger partial charge in [0, 0.05) is 12.0 Å². The number of carbonyl (C=O) groups excluding carboxylic acids is 1. The van der Waals surface area contributed by atoms with Gasteiger partial charge < -0.3 is 9.84 Å². The minimum absolute atomic E-state index is 0.404. The molecule has 13 heavy (non-hydrogen) atoms. The molecule has 1 atom stereocenters. The van der Waals surface area contributed by atoms with Gasteiger partial charge in [0.05, 0.1) is 0 Å². The van der Waals surface area contributed by atoms with Crippen LogP contribution in [0.15, 0.2) is 11.6 Å². The first-order valence-corrected chi connectivity index (χ1v) is 4.72. The van der Waals surface area contributed by atoms with Crippen molar-refractivity contribution in [3.8, 4) is 0 Å². The lowest BCUT2D eigenvalue weighted by molar-refractivity contribution is -0.180. The smallest absolute Gasteiger partial charge is 0.336 e. The Morgan fingerprint density at radius 1 is 1.54 bits per heavy atom. The lowest BCUT2D eigenvalue weighted by atomic mass is 10.1. The van der Waals surface area contributed by atoms with Crippen molar-refractivity contribution < 1.29 is 14.6 Å². The molecular weight excluding hydrogens is 168 g/mol. The van der Waals surface area contributed by atoms with Gasteiger partial charge in [0.15, 0.2) is 0 Å². The van der Waals surface area contributed by atoms with Gasteiger partial charge >= 0.3 is 5.97 Å². The van der Waals surface area contributed by atoms with E-state index >= 15 is 0 Å². The summed E-state index contributed by atoms with van der Waals surface area (Å²) in [6, 6.07) is 0. The molecule has 0 radical (unpaired) electrons. The number of cyclic esters (lactones) is 1. The molecule has 0 spiro atoms. The molecule has 1 unspecified atom stereocenters. The molecule has 3 heteroatoms. The van der Waals surface area contributed by atoms with Gasteiger partial charge in [-0.3, -0.25) is 0 Å². The molecule has 1 N–H and O–H groups in total. The van der Waals surface area contributed by atoms with Gasteiger partial charge in [-0.15, -0.1) is 0 Å². The number of hydrogen-bond acceptors (Lipinski definition) is 3. The van der Waals surface area contributed by atoms with Crippen LogP contribution in [-0.2, 0) is 9.53 Å². The van der Waals surface area contributed by atoms with Gasteiger partial charge in [0.2, 0.25) is 5.79 Å². The first-order chi connectivity index (χ1) is 6.07. The first-order valence-electron chi connectivity index (χ1n) is 4.72. The molecule has 0 amide bonds. The third-order valence-electron chi connectivity index (χ3n) is 2.17. The highest BCUT2D eigenvalue weighted by molar-refractivity contribution is 5.90. The monoisotopic (exact) mass is 184 g/mol. The molecule has 1 aliphatic heterocycles. The molecule has 0 bridgehead atoms. The Balaban J connectivity index is 2.45. The van der Waals surface area contributed by atoms with Gasteiger partial charge in [-0.25, -0.2) is 4.79 Å². The number of aliphatic hydroxyl groups is 1. The highest BCUT2D eigenvalue weighted by atomic mass is 16.7. The SMILES string of the molecule is CCCCCC1(O)C=C(C)C(=O)O1. The summed E-state index contributed by atoms with van der Waals surface area (Å²) in [5.41, 5.74) is 0.499. The summed E-state index contributed by atoms with van der Waals surface area (Å²) < 4.78 is 4.83. The highest BCUT2D eigenvalue weighted by Crippen LogP contribution is 2.26. The maximum atomic E-state index is 11.0. The zero-order chi connectivity index (χ0) is 9.90. The molecule has 0 saturated heterocycles. The minimum Gasteiger partial charge on any atom is -0.426 e. The van der Waals surface area contributed by atoms with E-state index in [2.05, 4.69) is 6.92 Å². The van der Waals surface area contributed by atoms with E-state index in [1.807, 2.05) is 0 Å². The van der Waals surface area contributed by atoms with E-state index in [0.717, 1.165) is 19.3 Å². The molecule has 1 rings (SSSR count). The molecule has 1 heterocycles. The summed E-state index contributed by atoms with van der Waals surface area (Å²) in [4.78, 5) is 11.0. The van der Waals surface area contributed by atoms with Crippen LogP contribution in [0, 0.1) is 0 Å². The van der Waals surface area contributed by atoms with Crippen LogP contribution in [0.1, 0.15) is 39.5 Å². The summed E-state index contributed by atoms with van der Waals surface area (Å²) in [5.74, 6) is -1.73. The normalized spacial score (nSPS) is 27.3. The Morgan fingerprint density at radius 2 is 2.23 bits per heavy atom. The number of unbranched alkanes of at least 4 members (excludes halogenated alkanes) is 2. The van der Waals surface area contributed by atoms with Crippen molar-refractivity contribution in [3.05, 3.63) is 11.6 Å². The van der Waals surface area contributed by atoms with Crippen LogP contribution in [-0.4, -0.2) is 16.9 Å². The zero-order valence-corrected chi connectivity index (χ0v) is 8.17. The standard InChI is InChI=1S/C10H16O3/c1-3-4-5-6-10(12)7-8(2)9(11)13-10/h7,12H,3-6H2,1-2H3. The number of ether oxygens (including phenoxy) is 1. The third-order valence-corrected chi connectivity index (χ3v) is 2.17. The summed E-state index contributed by atoms with van der Waals surface area (Å²) in [6.45, 7) is 3.74. The largest absolute Gasteiger partial charge is 0.426 e. The molecule has 74 valence electrons. The topological polar surface area (TPSA) is 46.5 Å². The predicted molar refractivity (Wildman–Crippen MR) is 48.9 cm³/mol.